The van der Waals surface area contributed by atoms with Crippen LogP contribution in [0.25, 0.3) is 11.0 Å². The van der Waals surface area contributed by atoms with E-state index in [1.54, 1.807) is 36.4 Å². The Kier molecular flexibility index (Phi) is 5.56. The summed E-state index contributed by atoms with van der Waals surface area (Å²) in [7, 11) is 0. The highest BCUT2D eigenvalue weighted by atomic mass is 35.5. The summed E-state index contributed by atoms with van der Waals surface area (Å²) in [6.07, 6.45) is 1.97. The minimum atomic E-state index is -0.287. The van der Waals surface area contributed by atoms with E-state index in [1.165, 1.54) is 6.07 Å². The van der Waals surface area contributed by atoms with E-state index in [0.29, 0.717) is 33.8 Å². The highest BCUT2D eigenvalue weighted by Crippen LogP contribution is 2.23. The van der Waals surface area contributed by atoms with Gasteiger partial charge in [-0.1, -0.05) is 11.6 Å². The lowest BCUT2D eigenvalue weighted by Crippen LogP contribution is -2.34. The quantitative estimate of drug-likeness (QED) is 0.671. The Morgan fingerprint density at radius 2 is 2.14 bits per heavy atom. The summed E-state index contributed by atoms with van der Waals surface area (Å²) < 4.78 is 11.5. The van der Waals surface area contributed by atoms with Crippen LogP contribution >= 0.6 is 11.6 Å². The molecule has 1 aliphatic heterocycles. The van der Waals surface area contributed by atoms with E-state index in [0.717, 1.165) is 25.0 Å². The number of phenols is 1. The SMILES string of the molecule is Cc1cc(Cl)ccc1N=c1oc2cc(O)ccc2cc1C(=O)NC[C@H]1CCCO1. The van der Waals surface area contributed by atoms with Crippen LogP contribution in [-0.4, -0.2) is 30.3 Å². The van der Waals surface area contributed by atoms with Crippen molar-refractivity contribution < 1.29 is 19.1 Å². The van der Waals surface area contributed by atoms with Crippen LogP contribution in [0, 0.1) is 6.92 Å². The zero-order valence-electron chi connectivity index (χ0n) is 15.9. The number of amides is 1. The first-order valence-corrected chi connectivity index (χ1v) is 9.85. The Bertz CT molecular complexity index is 1130. The van der Waals surface area contributed by atoms with Gasteiger partial charge in [0.25, 0.3) is 5.91 Å². The van der Waals surface area contributed by atoms with Gasteiger partial charge in [-0.05, 0) is 61.7 Å². The number of hydrogen-bond donors (Lipinski definition) is 2. The van der Waals surface area contributed by atoms with E-state index in [4.69, 9.17) is 20.8 Å². The van der Waals surface area contributed by atoms with Crippen LogP contribution in [-0.2, 0) is 4.74 Å². The highest BCUT2D eigenvalue weighted by Gasteiger charge is 2.18. The fraction of sp³-hybridized carbons (Fsp3) is 0.273. The molecule has 150 valence electrons. The molecule has 0 unspecified atom stereocenters. The summed E-state index contributed by atoms with van der Waals surface area (Å²) >= 11 is 6.03. The van der Waals surface area contributed by atoms with Crippen LogP contribution in [0.1, 0.15) is 28.8 Å². The number of halogens is 1. The van der Waals surface area contributed by atoms with Crippen molar-refractivity contribution in [2.24, 2.45) is 4.99 Å². The van der Waals surface area contributed by atoms with Crippen LogP contribution in [0.15, 0.2) is 51.9 Å². The number of nitrogens with zero attached hydrogens (tertiary/aromatic N) is 1. The van der Waals surface area contributed by atoms with Gasteiger partial charge in [0.1, 0.15) is 16.9 Å². The number of fused-ring (bicyclic) bond motifs is 1. The van der Waals surface area contributed by atoms with E-state index < -0.39 is 0 Å². The fourth-order valence-corrected chi connectivity index (χ4v) is 3.54. The normalized spacial score (nSPS) is 17.0. The van der Waals surface area contributed by atoms with Gasteiger partial charge < -0.3 is 19.6 Å². The number of aryl methyl sites for hydroxylation is 1. The van der Waals surface area contributed by atoms with Crippen molar-refractivity contribution >= 4 is 34.2 Å². The molecule has 3 aromatic rings. The molecule has 2 heterocycles. The predicted molar refractivity (Wildman–Crippen MR) is 111 cm³/mol. The first kappa shape index (κ1) is 19.5. The number of carbonyl (C=O) groups is 1. The molecule has 4 rings (SSSR count). The fourth-order valence-electron chi connectivity index (χ4n) is 3.31. The van der Waals surface area contributed by atoms with Crippen LogP contribution < -0.4 is 10.9 Å². The minimum Gasteiger partial charge on any atom is -0.508 e. The number of benzene rings is 2. The summed E-state index contributed by atoms with van der Waals surface area (Å²) in [5, 5.41) is 14.0. The van der Waals surface area contributed by atoms with Gasteiger partial charge in [-0.2, -0.15) is 0 Å². The number of rotatable bonds is 4. The van der Waals surface area contributed by atoms with Gasteiger partial charge in [-0.15, -0.1) is 0 Å². The first-order chi connectivity index (χ1) is 14.0. The lowest BCUT2D eigenvalue weighted by atomic mass is 10.1. The maximum absolute atomic E-state index is 12.9. The monoisotopic (exact) mass is 412 g/mol. The third-order valence-corrected chi connectivity index (χ3v) is 5.11. The molecule has 0 bridgehead atoms. The lowest BCUT2D eigenvalue weighted by Gasteiger charge is -2.11. The summed E-state index contributed by atoms with van der Waals surface area (Å²) in [5.41, 5.74) is 2.42. The van der Waals surface area contributed by atoms with E-state index in [1.807, 2.05) is 6.92 Å². The second kappa shape index (κ2) is 8.27. The van der Waals surface area contributed by atoms with Crippen LogP contribution in [0.5, 0.6) is 5.75 Å². The van der Waals surface area contributed by atoms with Gasteiger partial charge >= 0.3 is 0 Å². The molecule has 1 aliphatic rings. The van der Waals surface area contributed by atoms with Crippen molar-refractivity contribution in [2.45, 2.75) is 25.9 Å². The lowest BCUT2D eigenvalue weighted by molar-refractivity contribution is 0.0854. The summed E-state index contributed by atoms with van der Waals surface area (Å²) in [6, 6.07) is 11.8. The molecule has 1 amide bonds. The average molecular weight is 413 g/mol. The average Bonchev–Trinajstić information content (AvgIpc) is 3.21. The molecule has 1 fully saturated rings. The summed E-state index contributed by atoms with van der Waals surface area (Å²) in [6.45, 7) is 3.05. The molecule has 6 nitrogen and oxygen atoms in total. The zero-order valence-corrected chi connectivity index (χ0v) is 16.7. The van der Waals surface area contributed by atoms with Gasteiger partial charge in [0.15, 0.2) is 0 Å². The molecular weight excluding hydrogens is 392 g/mol. The standard InChI is InChI=1S/C22H21ClN2O4/c1-13-9-15(23)5-7-19(13)25-22-18(21(27)24-12-17-3-2-8-28-17)10-14-4-6-16(26)11-20(14)29-22/h4-7,9-11,17,26H,2-3,8,12H2,1H3,(H,24,27)/t17-/m1/s1. The van der Waals surface area contributed by atoms with Crippen LogP contribution in [0.2, 0.25) is 5.02 Å². The second-order valence-corrected chi connectivity index (χ2v) is 7.51. The number of carbonyl (C=O) groups excluding carboxylic acids is 1. The Balaban J connectivity index is 1.78. The van der Waals surface area contributed by atoms with Crippen molar-refractivity contribution in [3.63, 3.8) is 0 Å². The molecule has 0 radical (unpaired) electrons. The molecule has 1 saturated heterocycles. The molecular formula is C22H21ClN2O4. The van der Waals surface area contributed by atoms with Crippen molar-refractivity contribution in [2.75, 3.05) is 13.2 Å². The Morgan fingerprint density at radius 1 is 1.28 bits per heavy atom. The Morgan fingerprint density at radius 3 is 2.90 bits per heavy atom. The van der Waals surface area contributed by atoms with Crippen molar-refractivity contribution in [1.29, 1.82) is 0 Å². The molecule has 0 aliphatic carbocycles. The molecule has 1 aromatic heterocycles. The van der Waals surface area contributed by atoms with Gasteiger partial charge in [0.2, 0.25) is 5.55 Å². The largest absolute Gasteiger partial charge is 0.508 e. The number of ether oxygens (including phenoxy) is 1. The number of hydrogen-bond acceptors (Lipinski definition) is 5. The number of phenolic OH excluding ortho intramolecular Hbond substituents is 1. The van der Waals surface area contributed by atoms with Gasteiger partial charge in [-0.3, -0.25) is 4.79 Å². The van der Waals surface area contributed by atoms with E-state index in [9.17, 15) is 9.90 Å². The first-order valence-electron chi connectivity index (χ1n) is 9.47. The third-order valence-electron chi connectivity index (χ3n) is 4.87. The Hall–Kier alpha value is -2.83. The molecule has 7 heteroatoms. The topological polar surface area (TPSA) is 84.1 Å². The Labute approximate surface area is 172 Å². The number of aromatic hydroxyl groups is 1. The molecule has 0 spiro atoms. The van der Waals surface area contributed by atoms with Crippen molar-refractivity contribution in [3.8, 4) is 5.75 Å². The minimum absolute atomic E-state index is 0.0344. The van der Waals surface area contributed by atoms with E-state index in [-0.39, 0.29) is 23.3 Å². The number of nitrogens with one attached hydrogen (secondary N) is 1. The summed E-state index contributed by atoms with van der Waals surface area (Å²) in [4.78, 5) is 17.5. The van der Waals surface area contributed by atoms with Crippen molar-refractivity contribution in [3.05, 3.63) is 64.2 Å². The molecule has 29 heavy (non-hydrogen) atoms. The maximum Gasteiger partial charge on any atom is 0.256 e. The molecule has 0 saturated carbocycles. The smallest absolute Gasteiger partial charge is 0.256 e. The molecule has 2 aromatic carbocycles. The van der Waals surface area contributed by atoms with Gasteiger partial charge in [0, 0.05) is 29.6 Å². The third kappa shape index (κ3) is 4.44. The predicted octanol–water partition coefficient (Wildman–Crippen LogP) is 4.24. The summed E-state index contributed by atoms with van der Waals surface area (Å²) in [5.74, 6) is -0.213. The van der Waals surface area contributed by atoms with Crippen molar-refractivity contribution in [1.82, 2.24) is 5.32 Å². The zero-order chi connectivity index (χ0) is 20.4. The molecule has 1 atom stereocenters. The highest BCUT2D eigenvalue weighted by molar-refractivity contribution is 6.30. The van der Waals surface area contributed by atoms with E-state index in [2.05, 4.69) is 10.3 Å². The second-order valence-electron chi connectivity index (χ2n) is 7.08. The van der Waals surface area contributed by atoms with Gasteiger partial charge in [0.05, 0.1) is 11.8 Å². The van der Waals surface area contributed by atoms with Crippen LogP contribution in [0.4, 0.5) is 5.69 Å². The molecule has 2 N–H and O–H groups in total. The van der Waals surface area contributed by atoms with E-state index >= 15 is 0 Å². The maximum atomic E-state index is 12.9. The van der Waals surface area contributed by atoms with Crippen LogP contribution in [0.3, 0.4) is 0 Å². The van der Waals surface area contributed by atoms with Gasteiger partial charge in [-0.25, -0.2) is 4.99 Å².